The number of carbonyl (C=O) groups excluding carboxylic acids is 1. The van der Waals surface area contributed by atoms with Crippen LogP contribution in [0.4, 0.5) is 11.5 Å². The van der Waals surface area contributed by atoms with Crippen molar-refractivity contribution in [3.8, 4) is 17.2 Å². The summed E-state index contributed by atoms with van der Waals surface area (Å²) < 4.78 is 1.72. The van der Waals surface area contributed by atoms with E-state index in [0.29, 0.717) is 23.7 Å². The number of anilines is 2. The maximum atomic E-state index is 12.8. The molecule has 40 heavy (non-hydrogen) atoms. The van der Waals surface area contributed by atoms with E-state index in [2.05, 4.69) is 31.3 Å². The van der Waals surface area contributed by atoms with Crippen LogP contribution in [0.5, 0.6) is 0 Å². The van der Waals surface area contributed by atoms with Crippen molar-refractivity contribution in [2.45, 2.75) is 37.8 Å². The number of nitrogens with zero attached hydrogens (tertiary/aromatic N) is 7. The molecule has 6 rings (SSSR count). The van der Waals surface area contributed by atoms with Crippen LogP contribution in [-0.4, -0.2) is 67.9 Å². The highest BCUT2D eigenvalue weighted by atomic mass is 35.5. The zero-order valence-corrected chi connectivity index (χ0v) is 23.1. The number of fused-ring (bicyclic) bond motifs is 1. The molecule has 2 saturated heterocycles. The first-order chi connectivity index (χ1) is 19.1. The molecule has 0 unspecified atom stereocenters. The molecule has 2 N–H and O–H groups in total. The summed E-state index contributed by atoms with van der Waals surface area (Å²) in [5.41, 5.74) is 3.03. The van der Waals surface area contributed by atoms with Gasteiger partial charge in [0, 0.05) is 55.2 Å². The maximum Gasteiger partial charge on any atom is 0.271 e. The number of pyridine rings is 3. The van der Waals surface area contributed by atoms with Crippen LogP contribution in [-0.2, 0) is 0 Å². The molecule has 2 aliphatic heterocycles. The molecule has 6 heterocycles. The number of amides is 1. The standard InChI is InChI=1S/C29H29ClN8O2/c1-28(35-27(39)25-23(30)4-3-9-32-25)7-10-36(11-8-28)24-6-5-19(14-33-24)22-12-21(37-17-29(2,40)18-37)16-38-26(22)20(13-31)15-34-38/h3-6,9,12,14-16,40H,7-8,10-11,17-18H2,1-2H3,(H,35,39). The van der Waals surface area contributed by atoms with E-state index in [-0.39, 0.29) is 17.1 Å². The number of aliphatic hydroxyl groups is 1. The Labute approximate surface area is 236 Å². The predicted molar refractivity (Wildman–Crippen MR) is 153 cm³/mol. The summed E-state index contributed by atoms with van der Waals surface area (Å²) in [5, 5.41) is 27.8. The summed E-state index contributed by atoms with van der Waals surface area (Å²) in [6.45, 7) is 6.39. The van der Waals surface area contributed by atoms with E-state index in [0.717, 1.165) is 54.1 Å². The van der Waals surface area contributed by atoms with E-state index in [9.17, 15) is 15.2 Å². The first-order valence-corrected chi connectivity index (χ1v) is 13.6. The van der Waals surface area contributed by atoms with Crippen LogP contribution in [0, 0.1) is 11.3 Å². The summed E-state index contributed by atoms with van der Waals surface area (Å²) in [4.78, 5) is 26.0. The fraction of sp³-hybridized carbons (Fsp3) is 0.345. The zero-order chi connectivity index (χ0) is 28.1. The number of carbonyl (C=O) groups is 1. The summed E-state index contributed by atoms with van der Waals surface area (Å²) in [6.07, 6.45) is 8.34. The molecule has 0 spiro atoms. The Morgan fingerprint density at radius 2 is 1.90 bits per heavy atom. The Bertz CT molecular complexity index is 1630. The van der Waals surface area contributed by atoms with Crippen LogP contribution in [0.1, 0.15) is 42.7 Å². The Morgan fingerprint density at radius 1 is 1.12 bits per heavy atom. The van der Waals surface area contributed by atoms with Gasteiger partial charge in [-0.05, 0) is 57.0 Å². The number of hydrogen-bond donors (Lipinski definition) is 2. The molecule has 0 saturated carbocycles. The average Bonchev–Trinajstić information content (AvgIpc) is 3.35. The van der Waals surface area contributed by atoms with Crippen molar-refractivity contribution >= 4 is 34.5 Å². The van der Waals surface area contributed by atoms with Gasteiger partial charge in [0.2, 0.25) is 0 Å². The molecular formula is C29H29ClN8O2. The van der Waals surface area contributed by atoms with Crippen molar-refractivity contribution in [1.29, 1.82) is 5.26 Å². The third-order valence-electron chi connectivity index (χ3n) is 7.78. The highest BCUT2D eigenvalue weighted by molar-refractivity contribution is 6.33. The van der Waals surface area contributed by atoms with Crippen molar-refractivity contribution in [3.05, 3.63) is 71.4 Å². The molecule has 204 valence electrons. The first kappa shape index (κ1) is 26.0. The van der Waals surface area contributed by atoms with Gasteiger partial charge >= 0.3 is 0 Å². The van der Waals surface area contributed by atoms with Crippen molar-refractivity contribution in [3.63, 3.8) is 0 Å². The molecule has 2 fully saturated rings. The summed E-state index contributed by atoms with van der Waals surface area (Å²) in [6, 6.07) is 11.6. The fourth-order valence-electron chi connectivity index (χ4n) is 5.51. The normalized spacial score (nSPS) is 17.8. The molecule has 1 amide bonds. The third kappa shape index (κ3) is 4.83. The van der Waals surface area contributed by atoms with Gasteiger partial charge in [0.15, 0.2) is 0 Å². The number of piperidine rings is 1. The quantitative estimate of drug-likeness (QED) is 0.382. The second kappa shape index (κ2) is 9.77. The average molecular weight is 557 g/mol. The largest absolute Gasteiger partial charge is 0.386 e. The van der Waals surface area contributed by atoms with Gasteiger partial charge in [-0.25, -0.2) is 14.5 Å². The molecule has 10 nitrogen and oxygen atoms in total. The minimum absolute atomic E-state index is 0.237. The Morgan fingerprint density at radius 3 is 2.55 bits per heavy atom. The van der Waals surface area contributed by atoms with Crippen LogP contribution < -0.4 is 15.1 Å². The lowest BCUT2D eigenvalue weighted by Gasteiger charge is -2.45. The van der Waals surface area contributed by atoms with Crippen molar-refractivity contribution in [1.82, 2.24) is 24.9 Å². The zero-order valence-electron chi connectivity index (χ0n) is 22.3. The fourth-order valence-corrected chi connectivity index (χ4v) is 5.72. The van der Waals surface area contributed by atoms with Crippen molar-refractivity contribution < 1.29 is 9.90 Å². The van der Waals surface area contributed by atoms with Crippen LogP contribution in [0.3, 0.4) is 0 Å². The summed E-state index contributed by atoms with van der Waals surface area (Å²) in [5.74, 6) is 0.584. The van der Waals surface area contributed by atoms with Gasteiger partial charge in [-0.2, -0.15) is 10.4 Å². The summed E-state index contributed by atoms with van der Waals surface area (Å²) in [7, 11) is 0. The van der Waals surface area contributed by atoms with Crippen LogP contribution in [0.15, 0.2) is 55.1 Å². The van der Waals surface area contributed by atoms with E-state index in [1.807, 2.05) is 44.4 Å². The highest BCUT2D eigenvalue weighted by Gasteiger charge is 2.37. The Kier molecular flexibility index (Phi) is 6.36. The molecule has 2 aliphatic rings. The van der Waals surface area contributed by atoms with Crippen LogP contribution in [0.25, 0.3) is 16.6 Å². The van der Waals surface area contributed by atoms with Crippen molar-refractivity contribution in [2.24, 2.45) is 0 Å². The van der Waals surface area contributed by atoms with Gasteiger partial charge in [0.05, 0.1) is 39.8 Å². The third-order valence-corrected chi connectivity index (χ3v) is 8.09. The number of β-amino-alcohol motifs (C(OH)–C–C–N with tert-alkyl or cyclic N) is 1. The van der Waals surface area contributed by atoms with Gasteiger partial charge in [-0.1, -0.05) is 11.6 Å². The number of aromatic nitrogens is 4. The molecule has 0 aliphatic carbocycles. The number of nitrogens with one attached hydrogen (secondary N) is 1. The molecule has 0 radical (unpaired) electrons. The monoisotopic (exact) mass is 556 g/mol. The molecule has 0 aromatic carbocycles. The van der Waals surface area contributed by atoms with Crippen molar-refractivity contribution in [2.75, 3.05) is 36.0 Å². The number of hydrogen-bond acceptors (Lipinski definition) is 8. The predicted octanol–water partition coefficient (Wildman–Crippen LogP) is 3.68. The SMILES string of the molecule is CC1(O)CN(c2cc(-c3ccc(N4CCC(C)(NC(=O)c5ncccc5Cl)CC4)nc3)c3c(C#N)cnn3c2)C1. The van der Waals surface area contributed by atoms with E-state index in [1.165, 1.54) is 0 Å². The molecular weight excluding hydrogens is 528 g/mol. The van der Waals surface area contributed by atoms with Gasteiger partial charge in [-0.15, -0.1) is 0 Å². The van der Waals surface area contributed by atoms with Crippen LogP contribution in [0.2, 0.25) is 5.02 Å². The lowest BCUT2D eigenvalue weighted by Crippen LogP contribution is -2.60. The van der Waals surface area contributed by atoms with Gasteiger partial charge < -0.3 is 20.2 Å². The number of rotatable bonds is 5. The minimum atomic E-state index is -0.709. The number of halogens is 1. The highest BCUT2D eigenvalue weighted by Crippen LogP contribution is 2.35. The van der Waals surface area contributed by atoms with E-state index in [1.54, 1.807) is 29.0 Å². The second-order valence-electron chi connectivity index (χ2n) is 11.2. The van der Waals surface area contributed by atoms with Crippen LogP contribution >= 0.6 is 11.6 Å². The Hall–Kier alpha value is -4.20. The van der Waals surface area contributed by atoms with Gasteiger partial charge in [0.1, 0.15) is 17.6 Å². The van der Waals surface area contributed by atoms with E-state index < -0.39 is 5.60 Å². The number of nitriles is 1. The topological polar surface area (TPSA) is 123 Å². The molecule has 0 bridgehead atoms. The second-order valence-corrected chi connectivity index (χ2v) is 11.6. The Balaban J connectivity index is 1.19. The molecule has 0 atom stereocenters. The molecule has 4 aromatic heterocycles. The lowest BCUT2D eigenvalue weighted by molar-refractivity contribution is 0.0310. The first-order valence-electron chi connectivity index (χ1n) is 13.2. The van der Waals surface area contributed by atoms with Gasteiger partial charge in [-0.3, -0.25) is 4.79 Å². The maximum absolute atomic E-state index is 12.8. The van der Waals surface area contributed by atoms with Gasteiger partial charge in [0.25, 0.3) is 5.91 Å². The van der Waals surface area contributed by atoms with E-state index >= 15 is 0 Å². The molecule has 11 heteroatoms. The minimum Gasteiger partial charge on any atom is -0.386 e. The molecule has 4 aromatic rings. The smallest absolute Gasteiger partial charge is 0.271 e. The van der Waals surface area contributed by atoms with E-state index in [4.69, 9.17) is 16.6 Å². The lowest BCUT2D eigenvalue weighted by atomic mass is 9.89. The summed E-state index contributed by atoms with van der Waals surface area (Å²) >= 11 is 6.16.